The molecule has 18 heavy (non-hydrogen) atoms. The number of nitro groups is 1. The summed E-state index contributed by atoms with van der Waals surface area (Å²) in [5.41, 5.74) is 0. The molecule has 1 aliphatic rings. The summed E-state index contributed by atoms with van der Waals surface area (Å²) in [5, 5.41) is 10.4. The number of nitrogens with zero attached hydrogens (tertiary/aromatic N) is 3. The predicted molar refractivity (Wildman–Crippen MR) is 61.5 cm³/mol. The standard InChI is InChI=1S/C10H17F2N3O3/c1-3-14(6-8-4-5-18-7-8)9(13-2)10(11,12)15(16)17/h8H,3-7H2,1-2H3. The van der Waals surface area contributed by atoms with Crippen LogP contribution in [0.2, 0.25) is 0 Å². The van der Waals surface area contributed by atoms with Gasteiger partial charge in [0.05, 0.1) is 6.61 Å². The van der Waals surface area contributed by atoms with Crippen LogP contribution in [0.4, 0.5) is 8.78 Å². The van der Waals surface area contributed by atoms with E-state index in [2.05, 4.69) is 4.99 Å². The van der Waals surface area contributed by atoms with Crippen LogP contribution < -0.4 is 0 Å². The van der Waals surface area contributed by atoms with Gasteiger partial charge in [-0.3, -0.25) is 15.1 Å². The Labute approximate surface area is 104 Å². The van der Waals surface area contributed by atoms with Gasteiger partial charge in [-0.05, 0) is 13.3 Å². The first kappa shape index (κ1) is 14.7. The SMILES string of the molecule is CCN(CC1CCOC1)C(=NC)C(F)(F)[N+](=O)[O-]. The Bertz CT molecular complexity index is 330. The van der Waals surface area contributed by atoms with Gasteiger partial charge in [0.15, 0.2) is 0 Å². The zero-order chi connectivity index (χ0) is 13.8. The molecule has 104 valence electrons. The molecule has 8 heteroatoms. The van der Waals surface area contributed by atoms with Crippen LogP contribution in [0.15, 0.2) is 4.99 Å². The highest BCUT2D eigenvalue weighted by molar-refractivity contribution is 5.87. The summed E-state index contributed by atoms with van der Waals surface area (Å²) in [6.45, 7) is 3.31. The number of hydrogen-bond acceptors (Lipinski definition) is 4. The number of ether oxygens (including phenoxy) is 1. The summed E-state index contributed by atoms with van der Waals surface area (Å²) in [4.78, 5) is 13.5. The molecule has 0 aromatic carbocycles. The number of likely N-dealkylation sites (N-methyl/N-ethyl adjacent to an activating group) is 1. The highest BCUT2D eigenvalue weighted by Crippen LogP contribution is 2.22. The van der Waals surface area contributed by atoms with Crippen LogP contribution in [-0.2, 0) is 4.74 Å². The molecule has 0 N–H and O–H groups in total. The van der Waals surface area contributed by atoms with Crippen molar-refractivity contribution in [3.63, 3.8) is 0 Å². The second-order valence-corrected chi connectivity index (χ2v) is 4.11. The van der Waals surface area contributed by atoms with Gasteiger partial charge in [0, 0.05) is 32.7 Å². The quantitative estimate of drug-likeness (QED) is 0.246. The number of amidine groups is 1. The number of halogens is 2. The van der Waals surface area contributed by atoms with Crippen molar-refractivity contribution in [2.45, 2.75) is 19.4 Å². The van der Waals surface area contributed by atoms with Crippen LogP contribution in [-0.4, -0.2) is 55.1 Å². The van der Waals surface area contributed by atoms with E-state index in [1.54, 1.807) is 6.92 Å². The summed E-state index contributed by atoms with van der Waals surface area (Å²) >= 11 is 0. The average molecular weight is 265 g/mol. The molecule has 0 radical (unpaired) electrons. The molecule has 0 aliphatic carbocycles. The molecule has 1 saturated heterocycles. The van der Waals surface area contributed by atoms with Crippen molar-refractivity contribution in [2.75, 3.05) is 33.4 Å². The number of aliphatic imine (C=N–C) groups is 1. The van der Waals surface area contributed by atoms with Crippen LogP contribution in [0.3, 0.4) is 0 Å². The maximum absolute atomic E-state index is 13.4. The van der Waals surface area contributed by atoms with Crippen molar-refractivity contribution in [1.82, 2.24) is 4.90 Å². The normalized spacial score (nSPS) is 21.1. The van der Waals surface area contributed by atoms with Crippen molar-refractivity contribution in [3.8, 4) is 0 Å². The maximum atomic E-state index is 13.4. The first-order valence-corrected chi connectivity index (χ1v) is 5.75. The van der Waals surface area contributed by atoms with Gasteiger partial charge in [-0.2, -0.15) is 0 Å². The fourth-order valence-electron chi connectivity index (χ4n) is 1.95. The smallest absolute Gasteiger partial charge is 0.381 e. The average Bonchev–Trinajstić information content (AvgIpc) is 2.80. The second-order valence-electron chi connectivity index (χ2n) is 4.11. The van der Waals surface area contributed by atoms with Crippen molar-refractivity contribution in [3.05, 3.63) is 10.1 Å². The summed E-state index contributed by atoms with van der Waals surface area (Å²) in [7, 11) is 1.14. The molecule has 0 aromatic rings. The molecule has 0 saturated carbocycles. The van der Waals surface area contributed by atoms with E-state index in [1.807, 2.05) is 0 Å². The molecular formula is C10H17F2N3O3. The van der Waals surface area contributed by atoms with Crippen LogP contribution in [0.1, 0.15) is 13.3 Å². The highest BCUT2D eigenvalue weighted by atomic mass is 19.3. The Kier molecular flexibility index (Phi) is 4.94. The minimum atomic E-state index is -4.15. The third-order valence-corrected chi connectivity index (χ3v) is 2.89. The van der Waals surface area contributed by atoms with E-state index in [-0.39, 0.29) is 12.5 Å². The van der Waals surface area contributed by atoms with Gasteiger partial charge in [-0.15, -0.1) is 8.78 Å². The van der Waals surface area contributed by atoms with E-state index >= 15 is 0 Å². The topological polar surface area (TPSA) is 68.0 Å². The molecule has 1 rings (SSSR count). The van der Waals surface area contributed by atoms with E-state index in [1.165, 1.54) is 4.90 Å². The predicted octanol–water partition coefficient (Wildman–Crippen LogP) is 1.24. The molecule has 0 aromatic heterocycles. The Morgan fingerprint density at radius 2 is 2.33 bits per heavy atom. The zero-order valence-corrected chi connectivity index (χ0v) is 10.4. The van der Waals surface area contributed by atoms with Crippen LogP contribution in [0, 0.1) is 16.0 Å². The molecule has 6 nitrogen and oxygen atoms in total. The molecule has 1 fully saturated rings. The highest BCUT2D eigenvalue weighted by Gasteiger charge is 2.53. The lowest BCUT2D eigenvalue weighted by molar-refractivity contribution is -0.618. The Morgan fingerprint density at radius 1 is 1.67 bits per heavy atom. The third kappa shape index (κ3) is 3.12. The van der Waals surface area contributed by atoms with E-state index in [0.29, 0.717) is 19.8 Å². The lowest BCUT2D eigenvalue weighted by Gasteiger charge is -2.27. The van der Waals surface area contributed by atoms with Crippen LogP contribution in [0.5, 0.6) is 0 Å². The lowest BCUT2D eigenvalue weighted by Crippen LogP contribution is -2.49. The first-order valence-electron chi connectivity index (χ1n) is 5.75. The lowest BCUT2D eigenvalue weighted by atomic mass is 10.1. The van der Waals surface area contributed by atoms with E-state index in [0.717, 1.165) is 13.5 Å². The van der Waals surface area contributed by atoms with Crippen molar-refractivity contribution < 1.29 is 18.4 Å². The monoisotopic (exact) mass is 265 g/mol. The Morgan fingerprint density at radius 3 is 2.72 bits per heavy atom. The molecule has 0 bridgehead atoms. The minimum Gasteiger partial charge on any atom is -0.381 e. The zero-order valence-electron chi connectivity index (χ0n) is 10.4. The van der Waals surface area contributed by atoms with Gasteiger partial charge >= 0.3 is 6.05 Å². The molecule has 1 heterocycles. The van der Waals surface area contributed by atoms with Gasteiger partial charge in [-0.1, -0.05) is 0 Å². The molecule has 1 aliphatic heterocycles. The van der Waals surface area contributed by atoms with Gasteiger partial charge in [-0.25, -0.2) is 0 Å². The number of hydrogen-bond donors (Lipinski definition) is 0. The first-order chi connectivity index (χ1) is 8.43. The van der Waals surface area contributed by atoms with Crippen molar-refractivity contribution in [1.29, 1.82) is 0 Å². The van der Waals surface area contributed by atoms with Gasteiger partial charge in [0.1, 0.15) is 4.92 Å². The number of alkyl halides is 2. The molecular weight excluding hydrogens is 248 g/mol. The molecule has 0 amide bonds. The third-order valence-electron chi connectivity index (χ3n) is 2.89. The van der Waals surface area contributed by atoms with Crippen LogP contribution in [0.25, 0.3) is 0 Å². The summed E-state index contributed by atoms with van der Waals surface area (Å²) in [5.74, 6) is -0.675. The fourth-order valence-corrected chi connectivity index (χ4v) is 1.95. The number of rotatable bonds is 5. The van der Waals surface area contributed by atoms with Gasteiger partial charge in [0.25, 0.3) is 5.84 Å². The molecule has 0 spiro atoms. The summed E-state index contributed by atoms with van der Waals surface area (Å²) in [6.07, 6.45) is 0.775. The Balaban J connectivity index is 2.80. The molecule has 1 atom stereocenters. The molecule has 1 unspecified atom stereocenters. The Hall–Kier alpha value is -1.31. The van der Waals surface area contributed by atoms with Crippen molar-refractivity contribution in [2.24, 2.45) is 10.9 Å². The van der Waals surface area contributed by atoms with Gasteiger partial charge in [0.2, 0.25) is 0 Å². The minimum absolute atomic E-state index is 0.115. The van der Waals surface area contributed by atoms with Gasteiger partial charge < -0.3 is 9.64 Å². The maximum Gasteiger partial charge on any atom is 0.572 e. The second kappa shape index (κ2) is 6.03. The van der Waals surface area contributed by atoms with Crippen molar-refractivity contribution >= 4 is 5.84 Å². The van der Waals surface area contributed by atoms with Crippen LogP contribution >= 0.6 is 0 Å². The largest absolute Gasteiger partial charge is 0.572 e. The van der Waals surface area contributed by atoms with E-state index in [4.69, 9.17) is 4.74 Å². The fraction of sp³-hybridized carbons (Fsp3) is 0.900. The summed E-state index contributed by atoms with van der Waals surface area (Å²) < 4.78 is 32.0. The van der Waals surface area contributed by atoms with E-state index in [9.17, 15) is 18.9 Å². The summed E-state index contributed by atoms with van der Waals surface area (Å²) in [6, 6.07) is -4.15. The van der Waals surface area contributed by atoms with E-state index < -0.39 is 16.8 Å².